The Balaban J connectivity index is 1.23. The highest BCUT2D eigenvalue weighted by Crippen LogP contribution is 2.58. The fraction of sp³-hybridized carbons (Fsp3) is 0.458. The van der Waals surface area contributed by atoms with Gasteiger partial charge in [-0.2, -0.15) is 0 Å². The van der Waals surface area contributed by atoms with Crippen LogP contribution in [0.15, 0.2) is 80.3 Å². The first-order valence-corrected chi connectivity index (χ1v) is 27.2. The number of carbonyl (C=O) groups excluding carboxylic acids is 2. The van der Waals surface area contributed by atoms with Gasteiger partial charge in [0, 0.05) is 102 Å². The molecule has 25 heteroatoms. The predicted octanol–water partition coefficient (Wildman–Crippen LogP) is -0.602. The van der Waals surface area contributed by atoms with E-state index in [1.54, 1.807) is 6.07 Å². The summed E-state index contributed by atoms with van der Waals surface area (Å²) in [5.74, 6) is -10.1. The highest BCUT2D eigenvalue weighted by molar-refractivity contribution is 5.90. The van der Waals surface area contributed by atoms with Crippen LogP contribution in [0.3, 0.4) is 0 Å². The van der Waals surface area contributed by atoms with Crippen LogP contribution < -0.4 is 20.8 Å². The molecule has 4 aromatic rings. The number of aliphatic carboxylic acids is 1. The van der Waals surface area contributed by atoms with Gasteiger partial charge in [-0.15, -0.1) is 0 Å². The summed E-state index contributed by atoms with van der Waals surface area (Å²) in [6.07, 6.45) is -9.90. The van der Waals surface area contributed by atoms with Crippen molar-refractivity contribution >= 4 is 29.2 Å². The van der Waals surface area contributed by atoms with Gasteiger partial charge >= 0.3 is 11.9 Å². The molecule has 0 saturated carbocycles. The number of aliphatic hydroxyl groups is 9. The van der Waals surface area contributed by atoms with E-state index in [1.165, 1.54) is 18.3 Å². The molecule has 0 amide bonds. The number of piperidine rings is 1. The fourth-order valence-electron chi connectivity index (χ4n) is 12.8. The molecule has 84 heavy (non-hydrogen) atoms. The number of aromatic amines is 1. The molecule has 3 fully saturated rings. The number of esters is 1. The number of phenols is 3. The number of fused-ring (bicyclic) bond motifs is 7. The molecule has 444 valence electrons. The number of H-pyrrole nitrogens is 1. The van der Waals surface area contributed by atoms with E-state index in [0.29, 0.717) is 36.2 Å². The van der Waals surface area contributed by atoms with Crippen LogP contribution in [0.1, 0.15) is 80.7 Å². The second kappa shape index (κ2) is 20.9. The molecular formula is C59H61N3O22. The molecule has 0 radical (unpaired) electrons. The number of aromatic hydroxyl groups is 3. The van der Waals surface area contributed by atoms with Gasteiger partial charge in [-0.3, -0.25) is 10.1 Å². The van der Waals surface area contributed by atoms with Crippen LogP contribution in [-0.2, 0) is 41.4 Å². The molecule has 2 aromatic heterocycles. The molecule has 1 unspecified atom stereocenters. The number of benzene rings is 2. The van der Waals surface area contributed by atoms with Crippen LogP contribution in [-0.4, -0.2) is 174 Å². The van der Waals surface area contributed by atoms with Crippen molar-refractivity contribution in [1.29, 1.82) is 0 Å². The zero-order valence-electron chi connectivity index (χ0n) is 45.1. The minimum atomic E-state index is -4.07. The number of aliphatic hydroxyl groups excluding tert-OH is 6. The van der Waals surface area contributed by atoms with E-state index in [2.05, 4.69) is 33.4 Å². The maximum Gasteiger partial charge on any atom is 0.354 e. The van der Waals surface area contributed by atoms with E-state index in [4.69, 9.17) is 23.4 Å². The molecule has 4 bridgehead atoms. The zero-order chi connectivity index (χ0) is 60.2. The molecule has 7 aliphatic heterocycles. The van der Waals surface area contributed by atoms with Gasteiger partial charge in [0.1, 0.15) is 52.3 Å². The van der Waals surface area contributed by atoms with Crippen molar-refractivity contribution in [3.05, 3.63) is 104 Å². The first-order chi connectivity index (χ1) is 39.9. The molecule has 12 rings (SSSR count). The normalized spacial score (nSPS) is 33.3. The third-order valence-electron chi connectivity index (χ3n) is 17.5. The Morgan fingerprint density at radius 1 is 0.940 bits per heavy atom. The number of nitrogens with one attached hydrogen (secondary N) is 3. The lowest BCUT2D eigenvalue weighted by atomic mass is 9.67. The van der Waals surface area contributed by atoms with Crippen molar-refractivity contribution in [3.8, 4) is 58.0 Å². The SMILES string of the molecule is CCC1=C([C@H]2C=C3Cc4[nH]ccc4C#CC[C@]4(O)[C@H](O)[C@@H](O)[C@@]3(Oc3cc5oc(-c6cc(O)c(O)c(CCO)c6)cc(=O)c5c(O)c32)O[C@@]42CC#C[C@]3(C(=O)O)O[C@](C[C@H](CO)CC=O)(OC2=O)[C@H](O)[C@@H](O)C3(O)O)C=C2C(NCC[C@H]2C)N1. The van der Waals surface area contributed by atoms with Crippen LogP contribution in [0.2, 0.25) is 0 Å². The van der Waals surface area contributed by atoms with E-state index in [0.717, 1.165) is 30.2 Å². The molecule has 3 saturated heterocycles. The largest absolute Gasteiger partial charge is 0.507 e. The van der Waals surface area contributed by atoms with E-state index in [-0.39, 0.29) is 52.1 Å². The van der Waals surface area contributed by atoms with E-state index < -0.39 is 167 Å². The van der Waals surface area contributed by atoms with Crippen molar-refractivity contribution in [1.82, 2.24) is 15.6 Å². The number of phenolic OH excluding ortho intramolecular Hbond substituents is 3. The second-order valence-electron chi connectivity index (χ2n) is 22.4. The van der Waals surface area contributed by atoms with Crippen LogP contribution in [0, 0.1) is 35.5 Å². The Bertz CT molecular complexity index is 3710. The third kappa shape index (κ3) is 8.56. The van der Waals surface area contributed by atoms with Crippen molar-refractivity contribution < 1.29 is 104 Å². The Morgan fingerprint density at radius 3 is 2.43 bits per heavy atom. The van der Waals surface area contributed by atoms with Crippen molar-refractivity contribution in [3.63, 3.8) is 0 Å². The lowest BCUT2D eigenvalue weighted by Gasteiger charge is -2.58. The van der Waals surface area contributed by atoms with Gasteiger partial charge in [0.25, 0.3) is 11.4 Å². The molecule has 16 N–H and O–H groups in total. The molecule has 2 aromatic carbocycles. The summed E-state index contributed by atoms with van der Waals surface area (Å²) >= 11 is 0. The minimum absolute atomic E-state index is 0.0192. The quantitative estimate of drug-likeness (QED) is 0.0223. The number of hydrogen-bond acceptors (Lipinski definition) is 23. The molecular weight excluding hydrogens is 1100 g/mol. The summed E-state index contributed by atoms with van der Waals surface area (Å²) in [7, 11) is 0. The lowest BCUT2D eigenvalue weighted by molar-refractivity contribution is -0.434. The monoisotopic (exact) mass is 1160 g/mol. The molecule has 9 heterocycles. The molecule has 1 aliphatic carbocycles. The van der Waals surface area contributed by atoms with Crippen LogP contribution in [0.4, 0.5) is 0 Å². The highest BCUT2D eigenvalue weighted by Gasteiger charge is 2.78. The summed E-state index contributed by atoms with van der Waals surface area (Å²) in [5, 5.41) is 158. The number of allylic oxidation sites excluding steroid dienone is 4. The van der Waals surface area contributed by atoms with E-state index >= 15 is 4.79 Å². The van der Waals surface area contributed by atoms with Gasteiger partial charge in [0.05, 0.1) is 12.6 Å². The van der Waals surface area contributed by atoms with Gasteiger partial charge in [0.15, 0.2) is 29.1 Å². The fourth-order valence-corrected chi connectivity index (χ4v) is 12.8. The smallest absolute Gasteiger partial charge is 0.354 e. The Labute approximate surface area is 476 Å². The summed E-state index contributed by atoms with van der Waals surface area (Å²) in [6.45, 7) is 3.15. The number of ether oxygens (including phenoxy) is 4. The Hall–Kier alpha value is -7.60. The van der Waals surface area contributed by atoms with Crippen LogP contribution in [0.25, 0.3) is 22.3 Å². The van der Waals surface area contributed by atoms with Crippen molar-refractivity contribution in [2.45, 2.75) is 136 Å². The predicted molar refractivity (Wildman–Crippen MR) is 286 cm³/mol. The summed E-state index contributed by atoms with van der Waals surface area (Å²) in [5.41, 5.74) is -9.48. The van der Waals surface area contributed by atoms with Crippen LogP contribution >= 0.6 is 0 Å². The number of aldehydes is 1. The number of aromatic nitrogens is 1. The molecule has 8 aliphatic rings. The molecule has 2 spiro atoms. The first-order valence-electron chi connectivity index (χ1n) is 27.2. The van der Waals surface area contributed by atoms with E-state index in [1.807, 2.05) is 25.8 Å². The van der Waals surface area contributed by atoms with Crippen LogP contribution in [0.5, 0.6) is 23.0 Å². The molecule has 13 atom stereocenters. The Morgan fingerprint density at radius 2 is 1.71 bits per heavy atom. The second-order valence-corrected chi connectivity index (χ2v) is 22.4. The average Bonchev–Trinajstić information content (AvgIpc) is 1.31. The summed E-state index contributed by atoms with van der Waals surface area (Å²) < 4.78 is 32.3. The maximum atomic E-state index is 16.1. The van der Waals surface area contributed by atoms with Gasteiger partial charge in [-0.1, -0.05) is 43.8 Å². The summed E-state index contributed by atoms with van der Waals surface area (Å²) in [4.78, 5) is 59.3. The van der Waals surface area contributed by atoms with Gasteiger partial charge in [0.2, 0.25) is 17.2 Å². The van der Waals surface area contributed by atoms with Gasteiger partial charge < -0.3 is 105 Å². The number of carboxylic acids is 1. The third-order valence-corrected chi connectivity index (χ3v) is 17.5. The van der Waals surface area contributed by atoms with Gasteiger partial charge in [-0.05, 0) is 72.9 Å². The van der Waals surface area contributed by atoms with Crippen molar-refractivity contribution in [2.24, 2.45) is 11.8 Å². The van der Waals surface area contributed by atoms with Crippen molar-refractivity contribution in [2.75, 3.05) is 19.8 Å². The molecule has 25 nitrogen and oxygen atoms in total. The number of dihydropyridines is 1. The Kier molecular flexibility index (Phi) is 14.5. The topological polar surface area (TPSA) is 421 Å². The first kappa shape index (κ1) is 58.2. The summed E-state index contributed by atoms with van der Waals surface area (Å²) in [6, 6.07) is 6.18. The maximum absolute atomic E-state index is 16.1. The minimum Gasteiger partial charge on any atom is -0.507 e. The standard InChI is InChI=1S/C59H61N3O22/c1-3-36-34(22-33-27(2)7-14-61-51(33)62-36)35-20-32-21-37-29(8-15-60-37)6-4-11-54(77)47(70)49(72)58(32,81-42-24-41-44(46(69)43(35)42)38(66)23-40(80-41)31-18-30(10-17-64)45(68)39(67)19-31)84-56(54)13-5-12-55(52(74)75)59(78,79)50(73)48(71)57(83-55,82-53(56)76)25-28(26-65)9-16-63/h8,15-16,18-20,22-24,27-28,35,47-51,60-62,64-65,67-73,77-79H,3,7,9-11,13-14,17,21,25-26H2,1-2H3,(H,74,75)/t27-,28-,35-,47-,48-,49-,50-,51?,54+,55-,56-,57+,58+/m1/s1. The average molecular weight is 1160 g/mol. The lowest BCUT2D eigenvalue weighted by Crippen LogP contribution is -2.81. The van der Waals surface area contributed by atoms with E-state index in [9.17, 15) is 80.8 Å². The zero-order valence-corrected chi connectivity index (χ0v) is 45.1. The number of rotatable bonds is 11. The number of carbonyl (C=O) groups is 3. The highest BCUT2D eigenvalue weighted by atomic mass is 16.8. The van der Waals surface area contributed by atoms with Gasteiger partial charge in [-0.25, -0.2) is 9.59 Å². The number of carboxylic acid groups (broad SMARTS) is 1. The number of hydrogen-bond donors (Lipinski definition) is 16.